The fraction of sp³-hybridized carbons (Fsp3) is 0.400. The van der Waals surface area contributed by atoms with Crippen molar-refractivity contribution in [2.45, 2.75) is 31.2 Å². The zero-order chi connectivity index (χ0) is 21.0. The minimum atomic E-state index is -3.55. The molecular weight excluding hydrogens is 408 g/mol. The third-order valence-corrected chi connectivity index (χ3v) is 7.84. The van der Waals surface area contributed by atoms with Gasteiger partial charge in [0.25, 0.3) is 0 Å². The van der Waals surface area contributed by atoms with Gasteiger partial charge in [-0.25, -0.2) is 8.42 Å². The molecule has 7 nitrogen and oxygen atoms in total. The second-order valence-corrected chi connectivity index (χ2v) is 9.90. The van der Waals surface area contributed by atoms with Gasteiger partial charge in [-0.3, -0.25) is 9.69 Å². The van der Waals surface area contributed by atoms with Crippen LogP contribution in [0.2, 0.25) is 0 Å². The number of carbonyl (C=O) groups excluding carboxylic acids is 1. The molecule has 0 aliphatic carbocycles. The molecule has 0 radical (unpaired) electrons. The summed E-state index contributed by atoms with van der Waals surface area (Å²) < 4.78 is 27.4. The maximum Gasteiger partial charge on any atom is 0.243 e. The first-order valence-electron chi connectivity index (χ1n) is 9.42. The molecule has 2 heterocycles. The average Bonchev–Trinajstić information content (AvgIpc) is 2.99. The standard InChI is InChI=1S/C20H24N4O3S2/c1-15-4-6-18(7-5-15)29(26,27)24-10-3-9-23(11-12-24)16(2)19(25)22-20-17(14-21)8-13-28-20/h4-8,13,16H,3,9-12H2,1-2H3,(H,22,25)/t16-/m1/s1. The molecule has 1 aromatic heterocycles. The zero-order valence-corrected chi connectivity index (χ0v) is 18.1. The van der Waals surface area contributed by atoms with Crippen molar-refractivity contribution in [2.24, 2.45) is 0 Å². The lowest BCUT2D eigenvalue weighted by molar-refractivity contribution is -0.120. The number of benzene rings is 1. The zero-order valence-electron chi connectivity index (χ0n) is 16.5. The minimum Gasteiger partial charge on any atom is -0.315 e. The highest BCUT2D eigenvalue weighted by Crippen LogP contribution is 2.23. The van der Waals surface area contributed by atoms with Gasteiger partial charge < -0.3 is 5.32 Å². The lowest BCUT2D eigenvalue weighted by Crippen LogP contribution is -2.44. The summed E-state index contributed by atoms with van der Waals surface area (Å²) in [5.41, 5.74) is 1.46. The van der Waals surface area contributed by atoms with Crippen molar-refractivity contribution in [3.63, 3.8) is 0 Å². The summed E-state index contributed by atoms with van der Waals surface area (Å²) in [6.07, 6.45) is 0.644. The van der Waals surface area contributed by atoms with E-state index >= 15 is 0 Å². The lowest BCUT2D eigenvalue weighted by atomic mass is 10.2. The van der Waals surface area contributed by atoms with Crippen molar-refractivity contribution in [3.8, 4) is 6.07 Å². The smallest absolute Gasteiger partial charge is 0.243 e. The second-order valence-electron chi connectivity index (χ2n) is 7.05. The van der Waals surface area contributed by atoms with Crippen molar-refractivity contribution in [2.75, 3.05) is 31.5 Å². The number of hydrogen-bond acceptors (Lipinski definition) is 6. The second kappa shape index (κ2) is 9.05. The first-order chi connectivity index (χ1) is 13.8. The number of nitriles is 1. The van der Waals surface area contributed by atoms with Crippen LogP contribution in [0.5, 0.6) is 0 Å². The van der Waals surface area contributed by atoms with Gasteiger partial charge in [0.05, 0.1) is 16.5 Å². The van der Waals surface area contributed by atoms with E-state index in [4.69, 9.17) is 5.26 Å². The first kappa shape index (κ1) is 21.5. The van der Waals surface area contributed by atoms with Gasteiger partial charge in [-0.2, -0.15) is 9.57 Å². The van der Waals surface area contributed by atoms with Crippen LogP contribution in [0.3, 0.4) is 0 Å². The first-order valence-corrected chi connectivity index (χ1v) is 11.7. The van der Waals surface area contributed by atoms with Crippen molar-refractivity contribution in [1.29, 1.82) is 5.26 Å². The van der Waals surface area contributed by atoms with E-state index in [0.29, 0.717) is 48.1 Å². The average molecular weight is 433 g/mol. The van der Waals surface area contributed by atoms with Crippen LogP contribution in [0, 0.1) is 18.3 Å². The normalized spacial score (nSPS) is 17.3. The number of nitrogens with one attached hydrogen (secondary N) is 1. The fourth-order valence-corrected chi connectivity index (χ4v) is 5.49. The summed E-state index contributed by atoms with van der Waals surface area (Å²) in [7, 11) is -3.55. The Kier molecular flexibility index (Phi) is 6.70. The van der Waals surface area contributed by atoms with Gasteiger partial charge in [-0.15, -0.1) is 11.3 Å². The van der Waals surface area contributed by atoms with Crippen LogP contribution in [-0.4, -0.2) is 55.8 Å². The lowest BCUT2D eigenvalue weighted by Gasteiger charge is -2.26. The SMILES string of the molecule is Cc1ccc(S(=O)(=O)N2CCCN([C@H](C)C(=O)Nc3sccc3C#N)CC2)cc1. The largest absolute Gasteiger partial charge is 0.315 e. The number of amides is 1. The molecule has 1 amide bonds. The van der Waals surface area contributed by atoms with E-state index in [9.17, 15) is 13.2 Å². The Morgan fingerprint density at radius 1 is 1.17 bits per heavy atom. The molecule has 1 atom stereocenters. The molecule has 1 fully saturated rings. The monoisotopic (exact) mass is 432 g/mol. The number of sulfonamides is 1. The highest BCUT2D eigenvalue weighted by atomic mass is 32.2. The molecule has 29 heavy (non-hydrogen) atoms. The van der Waals surface area contributed by atoms with Gasteiger partial charge in [0.1, 0.15) is 11.1 Å². The Morgan fingerprint density at radius 3 is 2.59 bits per heavy atom. The molecular formula is C20H24N4O3S2. The topological polar surface area (TPSA) is 93.5 Å². The molecule has 1 aromatic carbocycles. The summed E-state index contributed by atoms with van der Waals surface area (Å²) in [5, 5.41) is 14.2. The van der Waals surface area contributed by atoms with Gasteiger partial charge >= 0.3 is 0 Å². The van der Waals surface area contributed by atoms with E-state index in [0.717, 1.165) is 5.56 Å². The van der Waals surface area contributed by atoms with Crippen molar-refractivity contribution in [3.05, 3.63) is 46.8 Å². The minimum absolute atomic E-state index is 0.196. The molecule has 0 unspecified atom stereocenters. The maximum atomic E-state index is 12.9. The summed E-state index contributed by atoms with van der Waals surface area (Å²) in [6.45, 7) is 5.57. The molecule has 1 aliphatic heterocycles. The summed E-state index contributed by atoms with van der Waals surface area (Å²) in [5.74, 6) is -0.196. The number of aryl methyl sites for hydroxylation is 1. The van der Waals surface area contributed by atoms with E-state index in [1.807, 2.05) is 11.8 Å². The Hall–Kier alpha value is -2.25. The fourth-order valence-electron chi connectivity index (χ4n) is 3.28. The van der Waals surface area contributed by atoms with Crippen LogP contribution in [0.1, 0.15) is 24.5 Å². The highest BCUT2D eigenvalue weighted by Gasteiger charge is 2.30. The summed E-state index contributed by atoms with van der Waals surface area (Å²) in [6, 6.07) is 10.2. The Balaban J connectivity index is 1.65. The molecule has 9 heteroatoms. The van der Waals surface area contributed by atoms with Crippen molar-refractivity contribution in [1.82, 2.24) is 9.21 Å². The number of nitrogens with zero attached hydrogens (tertiary/aromatic N) is 3. The van der Waals surface area contributed by atoms with Gasteiger partial charge in [-0.05, 0) is 43.8 Å². The Labute approximate surface area is 175 Å². The summed E-state index contributed by atoms with van der Waals surface area (Å²) >= 11 is 1.31. The van der Waals surface area contributed by atoms with Crippen LogP contribution in [0.25, 0.3) is 0 Å². The van der Waals surface area contributed by atoms with Crippen molar-refractivity contribution < 1.29 is 13.2 Å². The van der Waals surface area contributed by atoms with Gasteiger partial charge in [0.15, 0.2) is 0 Å². The summed E-state index contributed by atoms with van der Waals surface area (Å²) in [4.78, 5) is 14.9. The van der Waals surface area contributed by atoms with Crippen LogP contribution in [0.4, 0.5) is 5.00 Å². The third-order valence-electron chi connectivity index (χ3n) is 5.10. The highest BCUT2D eigenvalue weighted by molar-refractivity contribution is 7.89. The van der Waals surface area contributed by atoms with Crippen LogP contribution >= 0.6 is 11.3 Å². The van der Waals surface area contributed by atoms with E-state index in [2.05, 4.69) is 11.4 Å². The quantitative estimate of drug-likeness (QED) is 0.784. The number of hydrogen-bond donors (Lipinski definition) is 1. The number of thiophene rings is 1. The molecule has 154 valence electrons. The molecule has 0 spiro atoms. The Morgan fingerprint density at radius 2 is 1.90 bits per heavy atom. The molecule has 3 rings (SSSR count). The van der Waals surface area contributed by atoms with E-state index in [-0.39, 0.29) is 5.91 Å². The molecule has 1 saturated heterocycles. The van der Waals surface area contributed by atoms with Crippen LogP contribution in [0.15, 0.2) is 40.6 Å². The van der Waals surface area contributed by atoms with Gasteiger partial charge in [0, 0.05) is 26.2 Å². The molecule has 1 N–H and O–H groups in total. The third kappa shape index (κ3) is 4.85. The van der Waals surface area contributed by atoms with E-state index in [1.165, 1.54) is 15.6 Å². The van der Waals surface area contributed by atoms with Gasteiger partial charge in [0.2, 0.25) is 15.9 Å². The number of carbonyl (C=O) groups is 1. The predicted molar refractivity (Wildman–Crippen MR) is 113 cm³/mol. The molecule has 0 saturated carbocycles. The van der Waals surface area contributed by atoms with Gasteiger partial charge in [-0.1, -0.05) is 17.7 Å². The van der Waals surface area contributed by atoms with Crippen LogP contribution < -0.4 is 5.32 Å². The predicted octanol–water partition coefficient (Wildman–Crippen LogP) is 2.65. The number of anilines is 1. The molecule has 0 bridgehead atoms. The van der Waals surface area contributed by atoms with Crippen molar-refractivity contribution >= 4 is 32.3 Å². The maximum absolute atomic E-state index is 12.9. The van der Waals surface area contributed by atoms with Crippen LogP contribution in [-0.2, 0) is 14.8 Å². The van der Waals surface area contributed by atoms with E-state index in [1.54, 1.807) is 42.6 Å². The number of rotatable bonds is 5. The molecule has 2 aromatic rings. The molecule has 1 aliphatic rings. The Bertz CT molecular complexity index is 1010. The van der Waals surface area contributed by atoms with E-state index < -0.39 is 16.1 Å².